The second-order valence-electron chi connectivity index (χ2n) is 19.9. The third-order valence-corrected chi connectivity index (χ3v) is 12.8. The Morgan fingerprint density at radius 1 is 0.296 bits per heavy atom. The molecule has 0 rings (SSSR count). The number of ether oxygens (including phenoxy) is 3. The summed E-state index contributed by atoms with van der Waals surface area (Å²) in [6.45, 7) is 6.45. The number of hydrogen-bond acceptors (Lipinski definition) is 6. The number of unbranched alkanes of at least 4 members (excludes halogenated alkanes) is 29. The van der Waals surface area contributed by atoms with Crippen LogP contribution in [0.1, 0.15) is 290 Å². The Hall–Kier alpha value is -3.41. The van der Waals surface area contributed by atoms with Crippen molar-refractivity contribution < 1.29 is 28.6 Å². The Bertz CT molecular complexity index is 1370. The normalized spacial score (nSPS) is 12.7. The van der Waals surface area contributed by atoms with E-state index in [1.165, 1.54) is 128 Å². The molecule has 0 aromatic carbocycles. The van der Waals surface area contributed by atoms with Crippen molar-refractivity contribution in [3.8, 4) is 0 Å². The van der Waals surface area contributed by atoms with Gasteiger partial charge in [0, 0.05) is 19.3 Å². The number of hydrogen-bond donors (Lipinski definition) is 0. The lowest BCUT2D eigenvalue weighted by atomic mass is 10.0. The minimum atomic E-state index is -0.786. The minimum absolute atomic E-state index is 0.0838. The largest absolute Gasteiger partial charge is 0.462 e. The monoisotopic (exact) mass is 989 g/mol. The van der Waals surface area contributed by atoms with E-state index in [0.717, 1.165) is 122 Å². The summed E-state index contributed by atoms with van der Waals surface area (Å²) in [4.78, 5) is 38.1. The van der Waals surface area contributed by atoms with Gasteiger partial charge in [0.25, 0.3) is 0 Å². The molecule has 0 aliphatic carbocycles. The molecule has 0 amide bonds. The van der Waals surface area contributed by atoms with E-state index in [0.29, 0.717) is 19.3 Å². The van der Waals surface area contributed by atoms with Crippen LogP contribution in [0.5, 0.6) is 0 Å². The van der Waals surface area contributed by atoms with E-state index in [1.807, 2.05) is 0 Å². The Kier molecular flexibility index (Phi) is 56.3. The SMILES string of the molecule is CC/C=C\C/C=C\C/C=C\C/C=C\CCCCCCCCCCCCCCCCC(=O)OCC(COC(=O)CCCCCCC/C=C\CCC)OC(=O)CCCCCCC/C=C\C/C=C\CCCCCC. The van der Waals surface area contributed by atoms with Gasteiger partial charge in [-0.3, -0.25) is 14.4 Å². The highest BCUT2D eigenvalue weighted by Gasteiger charge is 2.19. The van der Waals surface area contributed by atoms with Crippen molar-refractivity contribution in [3.05, 3.63) is 85.1 Å². The average molecular weight is 990 g/mol. The topological polar surface area (TPSA) is 78.9 Å². The lowest BCUT2D eigenvalue weighted by Crippen LogP contribution is -2.30. The smallest absolute Gasteiger partial charge is 0.306 e. The van der Waals surface area contributed by atoms with E-state index >= 15 is 0 Å². The van der Waals surface area contributed by atoms with Crippen molar-refractivity contribution in [2.45, 2.75) is 297 Å². The highest BCUT2D eigenvalue weighted by molar-refractivity contribution is 5.71. The summed E-state index contributed by atoms with van der Waals surface area (Å²) in [7, 11) is 0. The van der Waals surface area contributed by atoms with Crippen LogP contribution in [0.25, 0.3) is 0 Å². The Morgan fingerprint density at radius 2 is 0.577 bits per heavy atom. The first-order chi connectivity index (χ1) is 35.0. The molecule has 0 saturated heterocycles. The van der Waals surface area contributed by atoms with Gasteiger partial charge in [-0.25, -0.2) is 0 Å². The minimum Gasteiger partial charge on any atom is -0.462 e. The van der Waals surface area contributed by atoms with Gasteiger partial charge in [-0.2, -0.15) is 0 Å². The van der Waals surface area contributed by atoms with Crippen LogP contribution in [0.15, 0.2) is 85.1 Å². The molecule has 0 aliphatic heterocycles. The van der Waals surface area contributed by atoms with Gasteiger partial charge in [0.2, 0.25) is 0 Å². The summed E-state index contributed by atoms with van der Waals surface area (Å²) >= 11 is 0. The number of allylic oxidation sites excluding steroid dienone is 14. The van der Waals surface area contributed by atoms with Gasteiger partial charge in [0.05, 0.1) is 0 Å². The van der Waals surface area contributed by atoms with Crippen LogP contribution in [0.2, 0.25) is 0 Å². The van der Waals surface area contributed by atoms with Gasteiger partial charge in [-0.1, -0.05) is 247 Å². The molecule has 0 saturated carbocycles. The van der Waals surface area contributed by atoms with Crippen molar-refractivity contribution >= 4 is 17.9 Å². The zero-order chi connectivity index (χ0) is 51.4. The Balaban J connectivity index is 4.22. The second kappa shape index (κ2) is 59.2. The molecule has 408 valence electrons. The third-order valence-electron chi connectivity index (χ3n) is 12.8. The van der Waals surface area contributed by atoms with E-state index in [2.05, 4.69) is 106 Å². The molecular weight excluding hydrogens is 877 g/mol. The summed E-state index contributed by atoms with van der Waals surface area (Å²) in [5, 5.41) is 0. The molecule has 71 heavy (non-hydrogen) atoms. The van der Waals surface area contributed by atoms with Gasteiger partial charge < -0.3 is 14.2 Å². The van der Waals surface area contributed by atoms with E-state index in [9.17, 15) is 14.4 Å². The molecule has 0 heterocycles. The number of carbonyl (C=O) groups excluding carboxylic acids is 3. The molecular formula is C65H112O6. The molecule has 1 atom stereocenters. The molecule has 0 aromatic rings. The van der Waals surface area contributed by atoms with E-state index in [-0.39, 0.29) is 31.1 Å². The molecule has 0 N–H and O–H groups in total. The maximum absolute atomic E-state index is 12.8. The van der Waals surface area contributed by atoms with Crippen molar-refractivity contribution in [2.75, 3.05) is 13.2 Å². The molecule has 0 aromatic heterocycles. The molecule has 6 heteroatoms. The molecule has 6 nitrogen and oxygen atoms in total. The molecule has 0 aliphatic rings. The van der Waals surface area contributed by atoms with Crippen molar-refractivity contribution in [2.24, 2.45) is 0 Å². The van der Waals surface area contributed by atoms with Gasteiger partial charge in [0.15, 0.2) is 6.10 Å². The predicted molar refractivity (Wildman–Crippen MR) is 307 cm³/mol. The Labute approximate surface area is 439 Å². The summed E-state index contributed by atoms with van der Waals surface area (Å²) in [6, 6.07) is 0. The number of esters is 3. The van der Waals surface area contributed by atoms with Crippen molar-refractivity contribution in [1.82, 2.24) is 0 Å². The number of carbonyl (C=O) groups is 3. The zero-order valence-corrected chi connectivity index (χ0v) is 46.7. The van der Waals surface area contributed by atoms with E-state index in [4.69, 9.17) is 14.2 Å². The standard InChI is InChI=1S/C65H112O6/c1-4-7-10-13-16-19-22-24-26-28-29-30-31-32-33-34-35-36-37-38-40-41-43-46-49-52-55-58-64(67)70-61-62(60-69-63(66)57-54-51-48-45-21-18-15-12-9-6-3)71-65(68)59-56-53-50-47-44-42-39-27-25-23-20-17-14-11-8-5-2/h7,10,12,15-16,19-20,23-24,26-27,29-30,39,62H,4-6,8-9,11,13-14,17-18,21-22,25,28,31-38,40-61H2,1-3H3/b10-7-,15-12-,19-16-,23-20-,26-24-,30-29-,39-27-. The Morgan fingerprint density at radius 3 is 0.930 bits per heavy atom. The molecule has 0 bridgehead atoms. The molecule has 0 fully saturated rings. The summed E-state index contributed by atoms with van der Waals surface area (Å²) in [6.07, 6.45) is 77.3. The second-order valence-corrected chi connectivity index (χ2v) is 19.9. The van der Waals surface area contributed by atoms with Gasteiger partial charge in [0.1, 0.15) is 13.2 Å². The summed E-state index contributed by atoms with van der Waals surface area (Å²) in [5.41, 5.74) is 0. The van der Waals surface area contributed by atoms with Crippen LogP contribution >= 0.6 is 0 Å². The fourth-order valence-corrected chi connectivity index (χ4v) is 8.35. The first-order valence-corrected chi connectivity index (χ1v) is 30.1. The predicted octanol–water partition coefficient (Wildman–Crippen LogP) is 20.3. The average Bonchev–Trinajstić information content (AvgIpc) is 3.37. The fraction of sp³-hybridized carbons (Fsp3) is 0.738. The zero-order valence-electron chi connectivity index (χ0n) is 46.7. The van der Waals surface area contributed by atoms with Crippen LogP contribution in [-0.2, 0) is 28.6 Å². The quantitative estimate of drug-likeness (QED) is 0.0261. The maximum Gasteiger partial charge on any atom is 0.306 e. The van der Waals surface area contributed by atoms with Crippen molar-refractivity contribution in [3.63, 3.8) is 0 Å². The summed E-state index contributed by atoms with van der Waals surface area (Å²) in [5.74, 6) is -0.902. The van der Waals surface area contributed by atoms with Gasteiger partial charge in [-0.05, 0) is 109 Å². The van der Waals surface area contributed by atoms with Crippen LogP contribution in [-0.4, -0.2) is 37.2 Å². The third kappa shape index (κ3) is 57.4. The van der Waals surface area contributed by atoms with Crippen LogP contribution in [0.3, 0.4) is 0 Å². The first kappa shape index (κ1) is 67.6. The molecule has 1 unspecified atom stereocenters. The van der Waals surface area contributed by atoms with Gasteiger partial charge in [-0.15, -0.1) is 0 Å². The summed E-state index contributed by atoms with van der Waals surface area (Å²) < 4.78 is 16.8. The molecule has 0 spiro atoms. The van der Waals surface area contributed by atoms with Crippen LogP contribution < -0.4 is 0 Å². The van der Waals surface area contributed by atoms with E-state index < -0.39 is 6.10 Å². The van der Waals surface area contributed by atoms with Crippen molar-refractivity contribution in [1.29, 1.82) is 0 Å². The fourth-order valence-electron chi connectivity index (χ4n) is 8.35. The lowest BCUT2D eigenvalue weighted by molar-refractivity contribution is -0.167. The molecule has 0 radical (unpaired) electrons. The lowest BCUT2D eigenvalue weighted by Gasteiger charge is -2.18. The van der Waals surface area contributed by atoms with Gasteiger partial charge >= 0.3 is 17.9 Å². The number of rotatable bonds is 54. The van der Waals surface area contributed by atoms with Crippen LogP contribution in [0, 0.1) is 0 Å². The highest BCUT2D eigenvalue weighted by Crippen LogP contribution is 2.16. The van der Waals surface area contributed by atoms with E-state index in [1.54, 1.807) is 0 Å². The first-order valence-electron chi connectivity index (χ1n) is 30.1. The highest BCUT2D eigenvalue weighted by atomic mass is 16.6. The maximum atomic E-state index is 12.8. The van der Waals surface area contributed by atoms with Crippen LogP contribution in [0.4, 0.5) is 0 Å².